The zero-order chi connectivity index (χ0) is 23.5. The Hall–Kier alpha value is -2.65. The van der Waals surface area contributed by atoms with Crippen LogP contribution < -0.4 is 16.0 Å². The minimum atomic E-state index is -1.01. The van der Waals surface area contributed by atoms with Gasteiger partial charge in [-0.1, -0.05) is 40.0 Å². The third-order valence-electron chi connectivity index (χ3n) is 6.47. The van der Waals surface area contributed by atoms with E-state index in [9.17, 15) is 24.0 Å². The van der Waals surface area contributed by atoms with Gasteiger partial charge in [-0.2, -0.15) is 0 Å². The zero-order valence-corrected chi connectivity index (χ0v) is 19.1. The van der Waals surface area contributed by atoms with E-state index in [4.69, 9.17) is 4.74 Å². The second-order valence-electron chi connectivity index (χ2n) is 10.3. The van der Waals surface area contributed by atoms with Crippen molar-refractivity contribution in [2.24, 2.45) is 11.3 Å². The highest BCUT2D eigenvalue weighted by molar-refractivity contribution is 6.09. The molecular formula is C22H34N4O6. The van der Waals surface area contributed by atoms with Crippen LogP contribution in [0, 0.1) is 11.3 Å². The molecule has 2 aliphatic carbocycles. The maximum absolute atomic E-state index is 13.0. The van der Waals surface area contributed by atoms with Crippen molar-refractivity contribution in [3.63, 3.8) is 0 Å². The number of amides is 6. The monoisotopic (exact) mass is 450 g/mol. The van der Waals surface area contributed by atoms with Crippen LogP contribution in [-0.2, 0) is 19.1 Å². The molecule has 0 radical (unpaired) electrons. The molecule has 2 saturated carbocycles. The van der Waals surface area contributed by atoms with E-state index in [-0.39, 0.29) is 17.4 Å². The number of rotatable bonds is 5. The van der Waals surface area contributed by atoms with Crippen LogP contribution in [0.4, 0.5) is 9.59 Å². The van der Waals surface area contributed by atoms with Crippen LogP contribution in [-0.4, -0.2) is 59.5 Å². The molecule has 1 aliphatic heterocycles. The van der Waals surface area contributed by atoms with Crippen molar-refractivity contribution in [1.82, 2.24) is 20.9 Å². The number of nitrogens with zero attached hydrogens (tertiary/aromatic N) is 1. The number of carbonyl (C=O) groups excluding carboxylic acids is 5. The van der Waals surface area contributed by atoms with E-state index in [1.54, 1.807) is 0 Å². The largest absolute Gasteiger partial charge is 0.454 e. The van der Waals surface area contributed by atoms with Crippen molar-refractivity contribution in [2.45, 2.75) is 83.7 Å². The predicted octanol–water partition coefficient (Wildman–Crippen LogP) is 1.82. The average molecular weight is 451 g/mol. The molecule has 0 aromatic rings. The molecule has 1 spiro atoms. The zero-order valence-electron chi connectivity index (χ0n) is 19.1. The lowest BCUT2D eigenvalue weighted by Gasteiger charge is -2.43. The smallest absolute Gasteiger partial charge is 0.326 e. The predicted molar refractivity (Wildman–Crippen MR) is 114 cm³/mol. The molecule has 3 fully saturated rings. The van der Waals surface area contributed by atoms with Crippen LogP contribution in [0.25, 0.3) is 0 Å². The first-order valence-electron chi connectivity index (χ1n) is 11.4. The Labute approximate surface area is 188 Å². The second kappa shape index (κ2) is 9.46. The fourth-order valence-electron chi connectivity index (χ4n) is 5.60. The van der Waals surface area contributed by atoms with Gasteiger partial charge in [0, 0.05) is 6.04 Å². The molecule has 0 aromatic carbocycles. The summed E-state index contributed by atoms with van der Waals surface area (Å²) in [6.45, 7) is 4.91. The van der Waals surface area contributed by atoms with Crippen LogP contribution in [0.3, 0.4) is 0 Å². The van der Waals surface area contributed by atoms with E-state index in [1.165, 1.54) is 0 Å². The highest BCUT2D eigenvalue weighted by Crippen LogP contribution is 2.46. The van der Waals surface area contributed by atoms with Crippen molar-refractivity contribution < 1.29 is 28.7 Å². The Kier molecular flexibility index (Phi) is 7.09. The molecule has 1 heterocycles. The standard InChI is InChI=1S/C22H34N4O6/c1-14-9-21(2,3)13-22(10-14)18(29)26(20(31)25-22)11-17(28)32-12-16(27)24-19(30)23-15-7-5-4-6-8-15/h14-15H,4-13H2,1-3H3,(H,25,31)(H2,23,24,27,30). The Morgan fingerprint density at radius 1 is 1.12 bits per heavy atom. The van der Waals surface area contributed by atoms with Crippen LogP contribution in [0.2, 0.25) is 0 Å². The molecular weight excluding hydrogens is 416 g/mol. The van der Waals surface area contributed by atoms with Gasteiger partial charge >= 0.3 is 18.0 Å². The summed E-state index contributed by atoms with van der Waals surface area (Å²) in [7, 11) is 0. The molecule has 0 aromatic heterocycles. The lowest BCUT2D eigenvalue weighted by molar-refractivity contribution is -0.151. The highest BCUT2D eigenvalue weighted by atomic mass is 16.5. The van der Waals surface area contributed by atoms with E-state index < -0.39 is 48.5 Å². The molecule has 6 amide bonds. The maximum atomic E-state index is 13.0. The number of esters is 1. The molecule has 178 valence electrons. The van der Waals surface area contributed by atoms with Crippen molar-refractivity contribution in [3.8, 4) is 0 Å². The van der Waals surface area contributed by atoms with Crippen LogP contribution >= 0.6 is 0 Å². The Morgan fingerprint density at radius 3 is 2.47 bits per heavy atom. The molecule has 10 nitrogen and oxygen atoms in total. The number of ether oxygens (including phenoxy) is 1. The fraction of sp³-hybridized carbons (Fsp3) is 0.773. The van der Waals surface area contributed by atoms with Gasteiger partial charge in [0.25, 0.3) is 11.8 Å². The SMILES string of the molecule is CC1CC(C)(C)CC2(C1)NC(=O)N(CC(=O)OCC(=O)NC(=O)NC1CCCCC1)C2=O. The molecule has 3 rings (SSSR count). The van der Waals surface area contributed by atoms with E-state index >= 15 is 0 Å². The van der Waals surface area contributed by atoms with Crippen LogP contribution in [0.15, 0.2) is 0 Å². The molecule has 0 bridgehead atoms. The highest BCUT2D eigenvalue weighted by Gasteiger charge is 2.56. The van der Waals surface area contributed by atoms with Crippen LogP contribution in [0.1, 0.15) is 72.1 Å². The number of hydrogen-bond donors (Lipinski definition) is 3. The third kappa shape index (κ3) is 5.77. The van der Waals surface area contributed by atoms with E-state index in [1.807, 2.05) is 6.92 Å². The van der Waals surface area contributed by atoms with Gasteiger partial charge in [-0.15, -0.1) is 0 Å². The topological polar surface area (TPSA) is 134 Å². The summed E-state index contributed by atoms with van der Waals surface area (Å²) in [4.78, 5) is 62.3. The number of nitrogens with one attached hydrogen (secondary N) is 3. The summed E-state index contributed by atoms with van der Waals surface area (Å²) in [6, 6.07) is -1.21. The molecule has 32 heavy (non-hydrogen) atoms. The van der Waals surface area contributed by atoms with Crippen molar-refractivity contribution in [2.75, 3.05) is 13.2 Å². The molecule has 3 aliphatic rings. The van der Waals surface area contributed by atoms with Gasteiger partial charge in [-0.3, -0.25) is 24.6 Å². The van der Waals surface area contributed by atoms with Gasteiger partial charge in [0.05, 0.1) is 0 Å². The summed E-state index contributed by atoms with van der Waals surface area (Å²) in [5.41, 5.74) is -1.12. The van der Waals surface area contributed by atoms with Gasteiger partial charge in [0.2, 0.25) is 0 Å². The van der Waals surface area contributed by atoms with Gasteiger partial charge in [0.1, 0.15) is 12.1 Å². The molecule has 10 heteroatoms. The minimum Gasteiger partial charge on any atom is -0.454 e. The quantitative estimate of drug-likeness (QED) is 0.432. The summed E-state index contributed by atoms with van der Waals surface area (Å²) in [6.07, 6.45) is 6.94. The fourth-order valence-corrected chi connectivity index (χ4v) is 5.60. The van der Waals surface area contributed by atoms with Gasteiger partial charge < -0.3 is 15.4 Å². The summed E-state index contributed by atoms with van der Waals surface area (Å²) >= 11 is 0. The van der Waals surface area contributed by atoms with Gasteiger partial charge in [0.15, 0.2) is 6.61 Å². The maximum Gasteiger partial charge on any atom is 0.326 e. The normalized spacial score (nSPS) is 27.7. The summed E-state index contributed by atoms with van der Waals surface area (Å²) < 4.78 is 4.89. The second-order valence-corrected chi connectivity index (χ2v) is 10.3. The summed E-state index contributed by atoms with van der Waals surface area (Å²) in [5, 5.41) is 7.65. The Balaban J connectivity index is 1.46. The Morgan fingerprint density at radius 2 is 1.81 bits per heavy atom. The third-order valence-corrected chi connectivity index (χ3v) is 6.47. The molecule has 2 unspecified atom stereocenters. The molecule has 3 N–H and O–H groups in total. The lowest BCUT2D eigenvalue weighted by atomic mass is 9.64. The van der Waals surface area contributed by atoms with Crippen molar-refractivity contribution >= 4 is 29.8 Å². The van der Waals surface area contributed by atoms with Crippen molar-refractivity contribution in [3.05, 3.63) is 0 Å². The first kappa shape index (κ1) is 24.0. The lowest BCUT2D eigenvalue weighted by Crippen LogP contribution is -2.54. The van der Waals surface area contributed by atoms with E-state index in [0.29, 0.717) is 12.8 Å². The Bertz CT molecular complexity index is 791. The van der Waals surface area contributed by atoms with Gasteiger partial charge in [-0.25, -0.2) is 9.59 Å². The van der Waals surface area contributed by atoms with Gasteiger partial charge in [-0.05, 0) is 43.4 Å². The number of urea groups is 2. The summed E-state index contributed by atoms with van der Waals surface area (Å²) in [5.74, 6) is -1.85. The number of carbonyl (C=O) groups is 5. The van der Waals surface area contributed by atoms with E-state index in [2.05, 4.69) is 29.8 Å². The number of imide groups is 2. The first-order chi connectivity index (χ1) is 15.0. The molecule has 2 atom stereocenters. The first-order valence-corrected chi connectivity index (χ1v) is 11.4. The molecule has 1 saturated heterocycles. The van der Waals surface area contributed by atoms with E-state index in [0.717, 1.165) is 43.4 Å². The average Bonchev–Trinajstić information content (AvgIpc) is 2.88. The van der Waals surface area contributed by atoms with Crippen LogP contribution in [0.5, 0.6) is 0 Å². The van der Waals surface area contributed by atoms with Crippen molar-refractivity contribution in [1.29, 1.82) is 0 Å². The minimum absolute atomic E-state index is 0.0404. The number of hydrogen-bond acceptors (Lipinski definition) is 6.